The standard InChI is InChI=1S/C44H62N8O9/c1-5-12-32(38(55)42(59)48-29-17-18-29)49-39(56)30-24-52(36(54)23-47-43(60)61-26-27-13-8-6-9-14-27)25-34(30)50-40(57)31(44(2,3)4)21-35(53)37(28-15-10-7-11-16-28)51-41(58)33-22-45-19-20-46-33/h6,8-9,13-14,19-20,22,28-32,34,37-38,55H,5,7,10-12,15-18,21,23-26H2,1-4H3,(H,47,60)(H,48,59)(H,49,56)(H,50,57)(H,51,58)/t30-,31-,32?,34+,37+,38?/m1/s1. The van der Waals surface area contributed by atoms with Gasteiger partial charge in [-0.3, -0.25) is 33.8 Å². The fraction of sp³-hybridized carbons (Fsp3) is 0.614. The molecule has 6 N–H and O–H groups in total. The normalized spacial score (nSPS) is 20.0. The molecule has 6 amide bonds. The molecule has 1 aromatic carbocycles. The Morgan fingerprint density at radius 3 is 2.26 bits per heavy atom. The number of carbonyl (C=O) groups is 7. The molecule has 3 aliphatic rings. The Hall–Kier alpha value is -5.45. The van der Waals surface area contributed by atoms with Crippen LogP contribution in [0.25, 0.3) is 0 Å². The number of hydrogen-bond donors (Lipinski definition) is 6. The maximum Gasteiger partial charge on any atom is 0.407 e. The number of likely N-dealkylation sites (tertiary alicyclic amines) is 1. The average Bonchev–Trinajstić information content (AvgIpc) is 3.97. The maximum atomic E-state index is 14.4. The van der Waals surface area contributed by atoms with Gasteiger partial charge in [-0.1, -0.05) is 83.7 Å². The third kappa shape index (κ3) is 13.8. The van der Waals surface area contributed by atoms with Gasteiger partial charge in [0.05, 0.1) is 30.2 Å². The Morgan fingerprint density at radius 1 is 0.902 bits per heavy atom. The maximum absolute atomic E-state index is 14.4. The lowest BCUT2D eigenvalue weighted by Gasteiger charge is -2.34. The zero-order chi connectivity index (χ0) is 44.1. The van der Waals surface area contributed by atoms with Crippen molar-refractivity contribution in [3.8, 4) is 0 Å². The van der Waals surface area contributed by atoms with Crippen molar-refractivity contribution in [1.29, 1.82) is 0 Å². The van der Waals surface area contributed by atoms with Gasteiger partial charge in [0.25, 0.3) is 11.8 Å². The number of ketones is 1. The minimum Gasteiger partial charge on any atom is -0.445 e. The summed E-state index contributed by atoms with van der Waals surface area (Å²) < 4.78 is 5.24. The number of benzene rings is 1. The monoisotopic (exact) mass is 846 g/mol. The van der Waals surface area contributed by atoms with Crippen molar-refractivity contribution in [2.75, 3.05) is 19.6 Å². The smallest absolute Gasteiger partial charge is 0.407 e. The molecular weight excluding hydrogens is 785 g/mol. The first kappa shape index (κ1) is 46.6. The number of aliphatic hydroxyl groups excluding tert-OH is 1. The van der Waals surface area contributed by atoms with E-state index in [1.165, 1.54) is 23.5 Å². The lowest BCUT2D eigenvalue weighted by atomic mass is 9.74. The second-order valence-electron chi connectivity index (χ2n) is 17.6. The van der Waals surface area contributed by atoms with Crippen molar-refractivity contribution in [2.45, 2.75) is 129 Å². The number of alkyl carbamates (subject to hydrolysis) is 1. The Balaban J connectivity index is 1.31. The molecule has 61 heavy (non-hydrogen) atoms. The number of nitrogens with zero attached hydrogens (tertiary/aromatic N) is 3. The van der Waals surface area contributed by atoms with E-state index in [0.717, 1.165) is 50.5 Å². The van der Waals surface area contributed by atoms with Crippen LogP contribution in [0.4, 0.5) is 4.79 Å². The molecule has 2 aromatic rings. The van der Waals surface area contributed by atoms with E-state index in [1.807, 2.05) is 45.9 Å². The van der Waals surface area contributed by atoms with Gasteiger partial charge in [0.15, 0.2) is 11.9 Å². The SMILES string of the molecule is CCCC(NC(=O)[C@@H]1CN(C(=O)CNC(=O)OCc2ccccc2)C[C@@H]1NC(=O)[C@@H](CC(=O)[C@@H](NC(=O)c1cnccn1)C1CCCCC1)C(C)(C)C)C(O)C(=O)NC1CC1. The first-order chi connectivity index (χ1) is 29.1. The molecule has 2 aliphatic carbocycles. The molecule has 0 radical (unpaired) electrons. The van der Waals surface area contributed by atoms with Gasteiger partial charge in [-0.2, -0.15) is 0 Å². The molecule has 332 valence electrons. The highest BCUT2D eigenvalue weighted by Crippen LogP contribution is 2.33. The summed E-state index contributed by atoms with van der Waals surface area (Å²) in [4.78, 5) is 104. The van der Waals surface area contributed by atoms with Crippen LogP contribution < -0.4 is 26.6 Å². The number of ether oxygens (including phenoxy) is 1. The van der Waals surface area contributed by atoms with Crippen LogP contribution in [0, 0.1) is 23.2 Å². The molecule has 0 bridgehead atoms. The van der Waals surface area contributed by atoms with Gasteiger partial charge in [0.2, 0.25) is 17.7 Å². The van der Waals surface area contributed by atoms with Gasteiger partial charge < -0.3 is 41.3 Å². The largest absolute Gasteiger partial charge is 0.445 e. The first-order valence-electron chi connectivity index (χ1n) is 21.6. The van der Waals surface area contributed by atoms with E-state index in [-0.39, 0.29) is 56.0 Å². The summed E-state index contributed by atoms with van der Waals surface area (Å²) in [6.07, 6.45) is 8.41. The van der Waals surface area contributed by atoms with Gasteiger partial charge in [-0.25, -0.2) is 9.78 Å². The highest BCUT2D eigenvalue weighted by molar-refractivity contribution is 5.98. The minimum absolute atomic E-state index is 0.00266. The van der Waals surface area contributed by atoms with E-state index in [9.17, 15) is 38.7 Å². The van der Waals surface area contributed by atoms with Gasteiger partial charge in [0.1, 0.15) is 18.8 Å². The van der Waals surface area contributed by atoms with Crippen molar-refractivity contribution in [2.24, 2.45) is 23.2 Å². The summed E-state index contributed by atoms with van der Waals surface area (Å²) in [6, 6.07) is 6.29. The van der Waals surface area contributed by atoms with Crippen LogP contribution in [0.2, 0.25) is 0 Å². The molecule has 0 spiro atoms. The molecule has 3 fully saturated rings. The Labute approximate surface area is 357 Å². The predicted molar refractivity (Wildman–Crippen MR) is 223 cm³/mol. The topological polar surface area (TPSA) is 238 Å². The van der Waals surface area contributed by atoms with Crippen LogP contribution >= 0.6 is 0 Å². The highest BCUT2D eigenvalue weighted by atomic mass is 16.5. The lowest BCUT2D eigenvalue weighted by Crippen LogP contribution is -2.55. The second kappa shape index (κ2) is 21.9. The summed E-state index contributed by atoms with van der Waals surface area (Å²) in [5, 5.41) is 24.9. The Kier molecular flexibility index (Phi) is 16.7. The number of hydrogen-bond acceptors (Lipinski definition) is 11. The molecule has 2 unspecified atom stereocenters. The second-order valence-corrected chi connectivity index (χ2v) is 17.6. The first-order valence-corrected chi connectivity index (χ1v) is 21.6. The predicted octanol–water partition coefficient (Wildman–Crippen LogP) is 2.57. The average molecular weight is 847 g/mol. The molecule has 6 atom stereocenters. The lowest BCUT2D eigenvalue weighted by molar-refractivity contribution is -0.135. The van der Waals surface area contributed by atoms with Gasteiger partial charge in [-0.05, 0) is 49.0 Å². The van der Waals surface area contributed by atoms with Crippen LogP contribution in [0.15, 0.2) is 48.9 Å². The zero-order valence-corrected chi connectivity index (χ0v) is 35.7. The zero-order valence-electron chi connectivity index (χ0n) is 35.7. The van der Waals surface area contributed by atoms with Crippen LogP contribution in [0.3, 0.4) is 0 Å². The molecule has 2 heterocycles. The highest BCUT2D eigenvalue weighted by Gasteiger charge is 2.45. The number of Topliss-reactive ketones (excluding diaryl/α,β-unsaturated/α-hetero) is 1. The third-order valence-corrected chi connectivity index (χ3v) is 11.8. The third-order valence-electron chi connectivity index (χ3n) is 11.8. The number of amides is 6. The number of aromatic nitrogens is 2. The van der Waals surface area contributed by atoms with E-state index in [4.69, 9.17) is 4.74 Å². The molecule has 2 saturated carbocycles. The van der Waals surface area contributed by atoms with Gasteiger partial charge >= 0.3 is 6.09 Å². The van der Waals surface area contributed by atoms with Crippen molar-refractivity contribution < 1.29 is 43.4 Å². The summed E-state index contributed by atoms with van der Waals surface area (Å²) in [5.41, 5.74) is 0.0776. The van der Waals surface area contributed by atoms with E-state index in [1.54, 1.807) is 12.1 Å². The van der Waals surface area contributed by atoms with E-state index in [2.05, 4.69) is 36.6 Å². The van der Waals surface area contributed by atoms with Crippen molar-refractivity contribution >= 4 is 41.4 Å². The van der Waals surface area contributed by atoms with E-state index >= 15 is 0 Å². The van der Waals surface area contributed by atoms with Crippen LogP contribution in [-0.2, 0) is 35.3 Å². The molecule has 1 saturated heterocycles. The van der Waals surface area contributed by atoms with E-state index in [0.29, 0.717) is 6.42 Å². The summed E-state index contributed by atoms with van der Waals surface area (Å²) in [7, 11) is 0. The van der Waals surface area contributed by atoms with Crippen LogP contribution in [0.1, 0.15) is 108 Å². The molecule has 17 nitrogen and oxygen atoms in total. The minimum atomic E-state index is -1.52. The quantitative estimate of drug-likeness (QED) is 0.120. The van der Waals surface area contributed by atoms with Gasteiger partial charge in [0, 0.05) is 43.9 Å². The van der Waals surface area contributed by atoms with Crippen molar-refractivity contribution in [3.63, 3.8) is 0 Å². The number of nitrogens with one attached hydrogen (secondary N) is 5. The molecule has 17 heteroatoms. The molecule has 1 aliphatic heterocycles. The van der Waals surface area contributed by atoms with Crippen molar-refractivity contribution in [3.05, 3.63) is 60.2 Å². The van der Waals surface area contributed by atoms with Crippen molar-refractivity contribution in [1.82, 2.24) is 41.5 Å². The molecular formula is C44H62N8O9. The van der Waals surface area contributed by atoms with Gasteiger partial charge in [-0.15, -0.1) is 0 Å². The molecule has 5 rings (SSSR count). The van der Waals surface area contributed by atoms with Crippen LogP contribution in [0.5, 0.6) is 0 Å². The molecule has 1 aromatic heterocycles. The van der Waals surface area contributed by atoms with E-state index < -0.39 is 83.7 Å². The summed E-state index contributed by atoms with van der Waals surface area (Å²) in [5.74, 6) is -5.11. The Bertz CT molecular complexity index is 1830. The summed E-state index contributed by atoms with van der Waals surface area (Å²) in [6.45, 7) is 6.67. The number of aliphatic hydroxyl groups is 1. The van der Waals surface area contributed by atoms with Crippen LogP contribution in [-0.4, -0.2) is 111 Å². The number of rotatable bonds is 19. The fourth-order valence-corrected chi connectivity index (χ4v) is 8.02. The Morgan fingerprint density at radius 2 is 1.62 bits per heavy atom. The number of carbonyl (C=O) groups excluding carboxylic acids is 7. The fourth-order valence-electron chi connectivity index (χ4n) is 8.02. The summed E-state index contributed by atoms with van der Waals surface area (Å²) >= 11 is 0.